The third-order valence-electron chi connectivity index (χ3n) is 2.96. The Labute approximate surface area is 119 Å². The van der Waals surface area contributed by atoms with E-state index in [-0.39, 0.29) is 0 Å². The fourth-order valence-corrected chi connectivity index (χ4v) is 2.79. The van der Waals surface area contributed by atoms with Crippen LogP contribution in [0.5, 0.6) is 0 Å². The molecule has 0 unspecified atom stereocenters. The topological polar surface area (TPSA) is 54.6 Å². The summed E-state index contributed by atoms with van der Waals surface area (Å²) >= 11 is 1.59. The Morgan fingerprint density at radius 3 is 3.00 bits per heavy atom. The molecule has 0 atom stereocenters. The van der Waals surface area contributed by atoms with Gasteiger partial charge in [0, 0.05) is 12.3 Å². The summed E-state index contributed by atoms with van der Waals surface area (Å²) in [7, 11) is 0. The lowest BCUT2D eigenvalue weighted by Gasteiger charge is -1.99. The van der Waals surface area contributed by atoms with Gasteiger partial charge in [0.15, 0.2) is 0 Å². The Morgan fingerprint density at radius 2 is 2.30 bits per heavy atom. The monoisotopic (exact) mass is 284 g/mol. The van der Waals surface area contributed by atoms with Crippen molar-refractivity contribution in [1.29, 1.82) is 0 Å². The normalized spacial score (nSPS) is 11.4. The van der Waals surface area contributed by atoms with Gasteiger partial charge in [0.1, 0.15) is 11.3 Å². The number of aryl methyl sites for hydroxylation is 1. The van der Waals surface area contributed by atoms with Gasteiger partial charge in [0.25, 0.3) is 0 Å². The minimum atomic E-state index is -0.968. The number of nitrogens with zero attached hydrogens (tertiary/aromatic N) is 2. The zero-order valence-corrected chi connectivity index (χ0v) is 11.6. The first-order valence-electron chi connectivity index (χ1n) is 6.09. The Balaban J connectivity index is 2.27. The highest BCUT2D eigenvalue weighted by atomic mass is 32.1. The van der Waals surface area contributed by atoms with Crippen molar-refractivity contribution in [3.05, 3.63) is 53.2 Å². The van der Waals surface area contributed by atoms with Crippen LogP contribution in [0.4, 0.5) is 0 Å². The molecule has 3 rings (SSSR count). The molecule has 20 heavy (non-hydrogen) atoms. The number of aliphatic carboxylic acids is 1. The minimum absolute atomic E-state index is 0.782. The van der Waals surface area contributed by atoms with Crippen LogP contribution in [0.1, 0.15) is 11.3 Å². The lowest BCUT2D eigenvalue weighted by atomic mass is 10.2. The molecule has 0 aliphatic heterocycles. The van der Waals surface area contributed by atoms with Crippen LogP contribution in [0, 0.1) is 6.92 Å². The number of carbonyl (C=O) groups is 1. The second-order valence-electron chi connectivity index (χ2n) is 4.43. The highest BCUT2D eigenvalue weighted by Crippen LogP contribution is 2.29. The van der Waals surface area contributed by atoms with E-state index in [2.05, 4.69) is 4.98 Å². The molecule has 0 amide bonds. The predicted molar refractivity (Wildman–Crippen MR) is 79.9 cm³/mol. The molecule has 0 aliphatic carbocycles. The van der Waals surface area contributed by atoms with Crippen LogP contribution in [0.3, 0.4) is 0 Å². The summed E-state index contributed by atoms with van der Waals surface area (Å²) in [5.41, 5.74) is 3.53. The first kappa shape index (κ1) is 12.6. The van der Waals surface area contributed by atoms with Gasteiger partial charge in [-0.2, -0.15) is 0 Å². The van der Waals surface area contributed by atoms with Crippen LogP contribution in [-0.4, -0.2) is 20.5 Å². The van der Waals surface area contributed by atoms with Gasteiger partial charge in [-0.25, -0.2) is 9.78 Å². The molecule has 0 saturated heterocycles. The number of imidazole rings is 1. The number of hydrogen-bond acceptors (Lipinski definition) is 3. The van der Waals surface area contributed by atoms with Crippen molar-refractivity contribution in [2.75, 3.05) is 0 Å². The molecule has 0 saturated carbocycles. The Kier molecular flexibility index (Phi) is 3.12. The fourth-order valence-electron chi connectivity index (χ4n) is 2.07. The Hall–Kier alpha value is -2.40. The van der Waals surface area contributed by atoms with Crippen molar-refractivity contribution >= 4 is 29.0 Å². The maximum absolute atomic E-state index is 10.8. The SMILES string of the molecule is Cc1ccn2c(/C=C/C(=O)O)c(-c3cccs3)nc2c1. The van der Waals surface area contributed by atoms with Crippen LogP contribution in [0.15, 0.2) is 41.9 Å². The molecule has 100 valence electrons. The summed E-state index contributed by atoms with van der Waals surface area (Å²) in [5.74, 6) is -0.968. The van der Waals surface area contributed by atoms with Gasteiger partial charge in [-0.1, -0.05) is 6.07 Å². The molecule has 3 aromatic heterocycles. The summed E-state index contributed by atoms with van der Waals surface area (Å²) in [6.45, 7) is 2.01. The average molecular weight is 284 g/mol. The minimum Gasteiger partial charge on any atom is -0.478 e. The van der Waals surface area contributed by atoms with E-state index in [1.165, 1.54) is 0 Å². The van der Waals surface area contributed by atoms with Crippen molar-refractivity contribution in [1.82, 2.24) is 9.38 Å². The van der Waals surface area contributed by atoms with Gasteiger partial charge in [-0.05, 0) is 42.1 Å². The van der Waals surface area contributed by atoms with Crippen molar-refractivity contribution in [3.63, 3.8) is 0 Å². The van der Waals surface area contributed by atoms with E-state index in [4.69, 9.17) is 5.11 Å². The highest BCUT2D eigenvalue weighted by molar-refractivity contribution is 7.13. The zero-order chi connectivity index (χ0) is 14.1. The van der Waals surface area contributed by atoms with E-state index in [9.17, 15) is 4.79 Å². The molecule has 0 radical (unpaired) electrons. The highest BCUT2D eigenvalue weighted by Gasteiger charge is 2.13. The molecule has 1 N–H and O–H groups in total. The van der Waals surface area contributed by atoms with Crippen molar-refractivity contribution in [2.45, 2.75) is 6.92 Å². The van der Waals surface area contributed by atoms with Crippen LogP contribution in [-0.2, 0) is 4.79 Å². The number of thiophene rings is 1. The van der Waals surface area contributed by atoms with E-state index in [1.54, 1.807) is 17.4 Å². The Bertz CT molecular complexity index is 801. The van der Waals surface area contributed by atoms with Gasteiger partial charge in [0.05, 0.1) is 10.6 Å². The second-order valence-corrected chi connectivity index (χ2v) is 5.37. The van der Waals surface area contributed by atoms with Gasteiger partial charge in [-0.3, -0.25) is 4.40 Å². The molecule has 3 heterocycles. The number of carboxylic acid groups (broad SMARTS) is 1. The maximum Gasteiger partial charge on any atom is 0.328 e. The van der Waals surface area contributed by atoms with Crippen LogP contribution >= 0.6 is 11.3 Å². The molecule has 3 aromatic rings. The standard InChI is InChI=1S/C15H12N2O2S/c1-10-6-7-17-11(4-5-14(18)19)15(16-13(17)9-10)12-3-2-8-20-12/h2-9H,1H3,(H,18,19)/b5-4+. The molecule has 4 nitrogen and oxygen atoms in total. The number of pyridine rings is 1. The molecule has 5 heteroatoms. The quantitative estimate of drug-likeness (QED) is 0.749. The molecular formula is C15H12N2O2S. The maximum atomic E-state index is 10.8. The first-order chi connectivity index (χ1) is 9.65. The van der Waals surface area contributed by atoms with Crippen LogP contribution in [0.2, 0.25) is 0 Å². The molecular weight excluding hydrogens is 272 g/mol. The summed E-state index contributed by atoms with van der Waals surface area (Å²) < 4.78 is 1.90. The summed E-state index contributed by atoms with van der Waals surface area (Å²) in [4.78, 5) is 16.4. The van der Waals surface area contributed by atoms with Crippen molar-refractivity contribution in [3.8, 4) is 10.6 Å². The largest absolute Gasteiger partial charge is 0.478 e. The zero-order valence-electron chi connectivity index (χ0n) is 10.8. The van der Waals surface area contributed by atoms with Gasteiger partial charge in [0.2, 0.25) is 0 Å². The number of fused-ring (bicyclic) bond motifs is 1. The van der Waals surface area contributed by atoms with E-state index in [1.807, 2.05) is 47.2 Å². The fraction of sp³-hybridized carbons (Fsp3) is 0.0667. The van der Waals surface area contributed by atoms with E-state index in [0.717, 1.165) is 33.6 Å². The average Bonchev–Trinajstić information content (AvgIpc) is 3.02. The lowest BCUT2D eigenvalue weighted by Crippen LogP contribution is -1.90. The molecule has 0 fully saturated rings. The van der Waals surface area contributed by atoms with Gasteiger partial charge in [-0.15, -0.1) is 11.3 Å². The van der Waals surface area contributed by atoms with Gasteiger partial charge < -0.3 is 5.11 Å². The number of carboxylic acids is 1. The third kappa shape index (κ3) is 2.23. The number of hydrogen-bond donors (Lipinski definition) is 1. The second kappa shape index (κ2) is 4.94. The van der Waals surface area contributed by atoms with Gasteiger partial charge >= 0.3 is 5.97 Å². The van der Waals surface area contributed by atoms with Crippen molar-refractivity contribution < 1.29 is 9.90 Å². The number of rotatable bonds is 3. The first-order valence-corrected chi connectivity index (χ1v) is 6.97. The Morgan fingerprint density at radius 1 is 1.45 bits per heavy atom. The molecule has 0 spiro atoms. The smallest absolute Gasteiger partial charge is 0.328 e. The van der Waals surface area contributed by atoms with Crippen molar-refractivity contribution in [2.24, 2.45) is 0 Å². The third-order valence-corrected chi connectivity index (χ3v) is 3.83. The van der Waals surface area contributed by atoms with Crippen LogP contribution in [0.25, 0.3) is 22.3 Å². The van der Waals surface area contributed by atoms with E-state index >= 15 is 0 Å². The summed E-state index contributed by atoms with van der Waals surface area (Å²) in [6.07, 6.45) is 4.64. The molecule has 0 aliphatic rings. The molecule has 0 bridgehead atoms. The lowest BCUT2D eigenvalue weighted by molar-refractivity contribution is -0.131. The number of aromatic nitrogens is 2. The summed E-state index contributed by atoms with van der Waals surface area (Å²) in [5, 5.41) is 10.8. The van der Waals surface area contributed by atoms with E-state index < -0.39 is 5.97 Å². The van der Waals surface area contributed by atoms with Crippen LogP contribution < -0.4 is 0 Å². The van der Waals surface area contributed by atoms with E-state index in [0.29, 0.717) is 0 Å². The predicted octanol–water partition coefficient (Wildman–Crippen LogP) is 3.47. The molecule has 0 aromatic carbocycles. The summed E-state index contributed by atoms with van der Waals surface area (Å²) in [6, 6.07) is 7.90.